The fourth-order valence-corrected chi connectivity index (χ4v) is 2.88. The molecule has 0 N–H and O–H groups in total. The summed E-state index contributed by atoms with van der Waals surface area (Å²) in [7, 11) is 3.53. The van der Waals surface area contributed by atoms with Crippen molar-refractivity contribution >= 4 is 6.03 Å². The van der Waals surface area contributed by atoms with Gasteiger partial charge in [0.05, 0.1) is 6.07 Å². The Hall–Kier alpha value is -2.06. The highest BCUT2D eigenvalue weighted by Gasteiger charge is 2.27. The monoisotopic (exact) mass is 314 g/mol. The summed E-state index contributed by atoms with van der Waals surface area (Å²) in [4.78, 5) is 17.6. The molecule has 1 aromatic rings. The van der Waals surface area contributed by atoms with Crippen LogP contribution in [0, 0.1) is 11.3 Å². The van der Waals surface area contributed by atoms with Gasteiger partial charge in [-0.1, -0.05) is 38.1 Å². The topological polar surface area (TPSA) is 50.6 Å². The van der Waals surface area contributed by atoms with Crippen LogP contribution >= 0.6 is 0 Å². The van der Waals surface area contributed by atoms with Gasteiger partial charge in [0.1, 0.15) is 6.04 Å². The predicted octanol–water partition coefficient (Wildman–Crippen LogP) is 2.67. The number of rotatable bonds is 3. The first-order valence-electron chi connectivity index (χ1n) is 8.13. The molecular formula is C18H26N4O. The molecule has 0 aromatic heterocycles. The zero-order chi connectivity index (χ0) is 17.0. The molecule has 1 atom stereocenters. The smallest absolute Gasteiger partial charge is 0.319 e. The summed E-state index contributed by atoms with van der Waals surface area (Å²) in [5.41, 5.74) is 2.32. The second-order valence-electron chi connectivity index (χ2n) is 6.55. The number of carbonyl (C=O) groups is 1. The first-order valence-corrected chi connectivity index (χ1v) is 8.13. The molecule has 2 amide bonds. The van der Waals surface area contributed by atoms with E-state index in [9.17, 15) is 10.1 Å². The first kappa shape index (κ1) is 17.3. The van der Waals surface area contributed by atoms with Gasteiger partial charge in [-0.3, -0.25) is 4.90 Å². The molecule has 0 radical (unpaired) electrons. The van der Waals surface area contributed by atoms with E-state index in [1.165, 1.54) is 5.56 Å². The SMILES string of the molecule is CC(C)c1ccc(C(C#N)N2CCN(C(=O)N(C)C)CC2)cc1. The van der Waals surface area contributed by atoms with Crippen LogP contribution in [-0.4, -0.2) is 61.0 Å². The molecule has 1 fully saturated rings. The van der Waals surface area contributed by atoms with E-state index in [2.05, 4.69) is 49.1 Å². The Morgan fingerprint density at radius 1 is 1.09 bits per heavy atom. The Balaban J connectivity index is 2.03. The first-order chi connectivity index (χ1) is 10.9. The van der Waals surface area contributed by atoms with Gasteiger partial charge < -0.3 is 9.80 Å². The lowest BCUT2D eigenvalue weighted by molar-refractivity contribution is 0.111. The van der Waals surface area contributed by atoms with Crippen molar-refractivity contribution in [3.63, 3.8) is 0 Å². The summed E-state index contributed by atoms with van der Waals surface area (Å²) in [5, 5.41) is 9.59. The summed E-state index contributed by atoms with van der Waals surface area (Å²) in [5.74, 6) is 0.491. The minimum atomic E-state index is -0.243. The highest BCUT2D eigenvalue weighted by molar-refractivity contribution is 5.73. The fourth-order valence-electron chi connectivity index (χ4n) is 2.88. The normalized spacial score (nSPS) is 17.0. The molecule has 0 bridgehead atoms. The van der Waals surface area contributed by atoms with E-state index in [-0.39, 0.29) is 12.1 Å². The Kier molecular flexibility index (Phi) is 5.62. The number of amides is 2. The van der Waals surface area contributed by atoms with Crippen molar-refractivity contribution in [1.82, 2.24) is 14.7 Å². The van der Waals surface area contributed by atoms with Gasteiger partial charge in [0.15, 0.2) is 0 Å². The number of benzene rings is 1. The Bertz CT molecular complexity index is 566. The lowest BCUT2D eigenvalue weighted by Crippen LogP contribution is -2.52. The predicted molar refractivity (Wildman–Crippen MR) is 91.1 cm³/mol. The van der Waals surface area contributed by atoms with Gasteiger partial charge in [-0.2, -0.15) is 5.26 Å². The molecule has 1 aromatic carbocycles. The van der Waals surface area contributed by atoms with E-state index in [4.69, 9.17) is 0 Å². The molecule has 124 valence electrons. The van der Waals surface area contributed by atoms with Gasteiger partial charge >= 0.3 is 6.03 Å². The Morgan fingerprint density at radius 2 is 1.61 bits per heavy atom. The van der Waals surface area contributed by atoms with Crippen molar-refractivity contribution in [3.05, 3.63) is 35.4 Å². The standard InChI is InChI=1S/C18H26N4O/c1-14(2)15-5-7-16(8-6-15)17(13-19)21-9-11-22(12-10-21)18(23)20(3)4/h5-8,14,17H,9-12H2,1-4H3. The quantitative estimate of drug-likeness (QED) is 0.862. The summed E-state index contributed by atoms with van der Waals surface area (Å²) < 4.78 is 0. The molecule has 0 spiro atoms. The summed E-state index contributed by atoms with van der Waals surface area (Å²) >= 11 is 0. The van der Waals surface area contributed by atoms with Crippen LogP contribution < -0.4 is 0 Å². The van der Waals surface area contributed by atoms with E-state index in [0.717, 1.165) is 18.7 Å². The maximum atomic E-state index is 12.0. The number of carbonyl (C=O) groups excluding carboxylic acids is 1. The van der Waals surface area contributed by atoms with Gasteiger partial charge in [0, 0.05) is 40.3 Å². The minimum absolute atomic E-state index is 0.0412. The molecule has 1 heterocycles. The lowest BCUT2D eigenvalue weighted by atomic mass is 9.98. The third-order valence-electron chi connectivity index (χ3n) is 4.37. The van der Waals surface area contributed by atoms with Crippen LogP contribution in [0.5, 0.6) is 0 Å². The molecule has 1 aliphatic rings. The van der Waals surface area contributed by atoms with Crippen LogP contribution in [0.1, 0.15) is 36.9 Å². The van der Waals surface area contributed by atoms with Gasteiger partial charge in [-0.25, -0.2) is 4.79 Å². The molecule has 1 aliphatic heterocycles. The van der Waals surface area contributed by atoms with Crippen LogP contribution in [0.2, 0.25) is 0 Å². The lowest BCUT2D eigenvalue weighted by Gasteiger charge is -2.37. The van der Waals surface area contributed by atoms with E-state index in [0.29, 0.717) is 19.0 Å². The number of urea groups is 1. The molecule has 5 heteroatoms. The second kappa shape index (κ2) is 7.47. The van der Waals surface area contributed by atoms with Crippen LogP contribution in [0.3, 0.4) is 0 Å². The molecule has 23 heavy (non-hydrogen) atoms. The van der Waals surface area contributed by atoms with E-state index in [1.807, 2.05) is 4.90 Å². The summed E-state index contributed by atoms with van der Waals surface area (Å²) in [6.07, 6.45) is 0. The number of nitrogens with zero attached hydrogens (tertiary/aromatic N) is 4. The van der Waals surface area contributed by atoms with E-state index in [1.54, 1.807) is 19.0 Å². The van der Waals surface area contributed by atoms with Crippen LogP contribution in [-0.2, 0) is 0 Å². The van der Waals surface area contributed by atoms with Crippen LogP contribution in [0.15, 0.2) is 24.3 Å². The molecule has 0 aliphatic carbocycles. The Morgan fingerprint density at radius 3 is 2.04 bits per heavy atom. The molecule has 0 saturated carbocycles. The van der Waals surface area contributed by atoms with Crippen LogP contribution in [0.25, 0.3) is 0 Å². The third kappa shape index (κ3) is 4.02. The van der Waals surface area contributed by atoms with Crippen molar-refractivity contribution in [1.29, 1.82) is 5.26 Å². The molecule has 1 unspecified atom stereocenters. The van der Waals surface area contributed by atoms with Gasteiger partial charge in [-0.15, -0.1) is 0 Å². The number of hydrogen-bond acceptors (Lipinski definition) is 3. The maximum absolute atomic E-state index is 12.0. The molecule has 5 nitrogen and oxygen atoms in total. The average molecular weight is 314 g/mol. The van der Waals surface area contributed by atoms with Gasteiger partial charge in [-0.05, 0) is 17.0 Å². The fraction of sp³-hybridized carbons (Fsp3) is 0.556. The van der Waals surface area contributed by atoms with Crippen molar-refractivity contribution in [2.45, 2.75) is 25.8 Å². The average Bonchev–Trinajstić information content (AvgIpc) is 2.56. The maximum Gasteiger partial charge on any atom is 0.319 e. The summed E-state index contributed by atoms with van der Waals surface area (Å²) in [6, 6.07) is 10.5. The highest BCUT2D eigenvalue weighted by atomic mass is 16.2. The second-order valence-corrected chi connectivity index (χ2v) is 6.55. The van der Waals surface area contributed by atoms with Crippen molar-refractivity contribution < 1.29 is 4.79 Å². The Labute approximate surface area is 139 Å². The van der Waals surface area contributed by atoms with Gasteiger partial charge in [0.2, 0.25) is 0 Å². The highest BCUT2D eigenvalue weighted by Crippen LogP contribution is 2.24. The molecule has 1 saturated heterocycles. The summed E-state index contributed by atoms with van der Waals surface area (Å²) in [6.45, 7) is 7.11. The van der Waals surface area contributed by atoms with E-state index < -0.39 is 0 Å². The van der Waals surface area contributed by atoms with Crippen molar-refractivity contribution in [2.75, 3.05) is 40.3 Å². The molecular weight excluding hydrogens is 288 g/mol. The van der Waals surface area contributed by atoms with Crippen LogP contribution in [0.4, 0.5) is 4.79 Å². The van der Waals surface area contributed by atoms with Gasteiger partial charge in [0.25, 0.3) is 0 Å². The number of nitriles is 1. The number of piperazine rings is 1. The zero-order valence-corrected chi connectivity index (χ0v) is 14.5. The number of hydrogen-bond donors (Lipinski definition) is 0. The molecule has 2 rings (SSSR count). The third-order valence-corrected chi connectivity index (χ3v) is 4.37. The minimum Gasteiger partial charge on any atom is -0.331 e. The van der Waals surface area contributed by atoms with Crippen molar-refractivity contribution in [3.8, 4) is 6.07 Å². The van der Waals surface area contributed by atoms with Crippen molar-refractivity contribution in [2.24, 2.45) is 0 Å². The zero-order valence-electron chi connectivity index (χ0n) is 14.5. The van der Waals surface area contributed by atoms with E-state index >= 15 is 0 Å². The largest absolute Gasteiger partial charge is 0.331 e.